The van der Waals surface area contributed by atoms with Crippen LogP contribution in [0.5, 0.6) is 5.75 Å². The van der Waals surface area contributed by atoms with Crippen molar-refractivity contribution in [1.82, 2.24) is 31.5 Å². The van der Waals surface area contributed by atoms with Crippen molar-refractivity contribution in [2.75, 3.05) is 26.3 Å². The number of aromatic hydroxyl groups is 1. The predicted octanol–water partition coefficient (Wildman–Crippen LogP) is -7.06. The Labute approximate surface area is 343 Å². The van der Waals surface area contributed by atoms with Gasteiger partial charge in [0.05, 0.1) is 19.6 Å². The highest BCUT2D eigenvalue weighted by atomic mass is 16.4. The van der Waals surface area contributed by atoms with Crippen molar-refractivity contribution in [2.24, 2.45) is 33.7 Å². The van der Waals surface area contributed by atoms with Gasteiger partial charge in [-0.3, -0.25) is 43.3 Å². The molecule has 1 aromatic rings. The molecule has 2 rings (SSSR count). The number of aliphatic hydroxyl groups is 2. The molecule has 8 amide bonds. The number of hydrogen-bond donors (Lipinski definition) is 14. The Morgan fingerprint density at radius 3 is 1.88 bits per heavy atom. The molecule has 0 aliphatic carbocycles. The number of phenolic OH excluding ortho intramolecular Hbond substituents is 1. The van der Waals surface area contributed by atoms with Gasteiger partial charge in [-0.25, -0.2) is 4.79 Å². The van der Waals surface area contributed by atoms with Crippen LogP contribution in [-0.2, 0) is 49.6 Å². The smallest absolute Gasteiger partial charge is 0.328 e. The van der Waals surface area contributed by atoms with E-state index in [1.165, 1.54) is 24.3 Å². The summed E-state index contributed by atoms with van der Waals surface area (Å²) in [4.78, 5) is 121. The van der Waals surface area contributed by atoms with Crippen molar-refractivity contribution in [3.05, 3.63) is 29.8 Å². The number of carboxylic acids is 1. The average Bonchev–Trinajstić information content (AvgIpc) is 3.69. The van der Waals surface area contributed by atoms with Gasteiger partial charge in [0.25, 0.3) is 0 Å². The lowest BCUT2D eigenvalue weighted by Crippen LogP contribution is -2.60. The number of phenols is 1. The number of hydrogen-bond acceptors (Lipinski definition) is 14. The average molecular weight is 851 g/mol. The molecular weight excluding hydrogens is 796 g/mol. The molecular formula is C35H54N12O13. The van der Waals surface area contributed by atoms with Crippen LogP contribution in [-0.4, -0.2) is 153 Å². The summed E-state index contributed by atoms with van der Waals surface area (Å²) in [6.07, 6.45) is -1.61. The summed E-state index contributed by atoms with van der Waals surface area (Å²) < 4.78 is 0. The number of benzene rings is 1. The van der Waals surface area contributed by atoms with Crippen LogP contribution in [0.25, 0.3) is 0 Å². The third-order valence-corrected chi connectivity index (χ3v) is 9.09. The number of carbonyl (C=O) groups is 9. The summed E-state index contributed by atoms with van der Waals surface area (Å²) in [6.45, 7) is -1.69. The standard InChI is InChI=1S/C35H54N12O13/c36-19(15-48)28(53)44-22(13-17-5-7-18(50)8-6-17)30(55)45-23(14-27(38)52)31(56)42-20(9-10-26(37)51)29(54)43-21(3-1-11-41-35(39)40)33(58)47-12-2-4-25(47)32(57)46-24(16-49)34(59)60/h5-8,19-25,48-50H,1-4,9-16,36H2,(H2,37,51)(H2,38,52)(H,42,56)(H,43,54)(H,44,53)(H,45,55)(H,46,57)(H,59,60)(H4,39,40,41)/t19-,20-,21-,22-,23-,24-,25-/m0/s1. The number of guanidine groups is 1. The zero-order valence-electron chi connectivity index (χ0n) is 32.6. The number of likely N-dealkylation sites (tertiary alicyclic amines) is 1. The first-order valence-corrected chi connectivity index (χ1v) is 18.7. The predicted molar refractivity (Wildman–Crippen MR) is 208 cm³/mol. The van der Waals surface area contributed by atoms with Gasteiger partial charge in [0.1, 0.15) is 48.0 Å². The summed E-state index contributed by atoms with van der Waals surface area (Å²) in [5.74, 6) is -9.71. The molecule has 7 atom stereocenters. The number of carbonyl (C=O) groups excluding carboxylic acids is 8. The molecule has 0 saturated carbocycles. The quantitative estimate of drug-likeness (QED) is 0.0247. The third kappa shape index (κ3) is 16.3. The molecule has 25 nitrogen and oxygen atoms in total. The second-order valence-corrected chi connectivity index (χ2v) is 13.8. The molecule has 1 saturated heterocycles. The van der Waals surface area contributed by atoms with E-state index in [0.29, 0.717) is 12.0 Å². The van der Waals surface area contributed by atoms with E-state index in [-0.39, 0.29) is 50.5 Å². The number of nitrogens with zero attached hydrogens (tertiary/aromatic N) is 2. The largest absolute Gasteiger partial charge is 0.508 e. The molecule has 1 aliphatic rings. The highest BCUT2D eigenvalue weighted by Crippen LogP contribution is 2.20. The van der Waals surface area contributed by atoms with Gasteiger partial charge in [0.2, 0.25) is 47.3 Å². The fourth-order valence-electron chi connectivity index (χ4n) is 5.94. The second-order valence-electron chi connectivity index (χ2n) is 13.8. The van der Waals surface area contributed by atoms with Gasteiger partial charge in [-0.05, 0) is 49.8 Å². The molecule has 1 aromatic carbocycles. The molecule has 19 N–H and O–H groups in total. The van der Waals surface area contributed by atoms with Crippen LogP contribution in [0.1, 0.15) is 50.5 Å². The topological polar surface area (TPSA) is 440 Å². The molecule has 1 fully saturated rings. The van der Waals surface area contributed by atoms with Crippen LogP contribution < -0.4 is 55.3 Å². The van der Waals surface area contributed by atoms with Gasteiger partial charge < -0.3 is 80.6 Å². The monoisotopic (exact) mass is 850 g/mol. The van der Waals surface area contributed by atoms with Crippen LogP contribution in [0.4, 0.5) is 0 Å². The maximum atomic E-state index is 14.0. The normalized spacial score (nSPS) is 16.4. The van der Waals surface area contributed by atoms with Gasteiger partial charge >= 0.3 is 5.97 Å². The minimum absolute atomic E-state index is 0.000839. The Morgan fingerprint density at radius 1 is 0.733 bits per heavy atom. The Hall–Kier alpha value is -6.60. The van der Waals surface area contributed by atoms with E-state index in [4.69, 9.17) is 28.7 Å². The molecule has 0 radical (unpaired) electrons. The highest BCUT2D eigenvalue weighted by molar-refractivity contribution is 5.98. The van der Waals surface area contributed by atoms with E-state index < -0.39 is 128 Å². The number of amides is 8. The van der Waals surface area contributed by atoms with Gasteiger partial charge in [-0.2, -0.15) is 0 Å². The van der Waals surface area contributed by atoms with Gasteiger partial charge in [-0.1, -0.05) is 12.1 Å². The molecule has 1 aliphatic heterocycles. The first kappa shape index (κ1) is 49.5. The molecule has 0 bridgehead atoms. The minimum atomic E-state index is -1.79. The number of primary amides is 2. The number of aliphatic hydroxyl groups excluding tert-OH is 2. The Kier molecular flexibility index (Phi) is 20.1. The number of nitrogens with two attached hydrogens (primary N) is 5. The first-order chi connectivity index (χ1) is 28.3. The van der Waals surface area contributed by atoms with E-state index in [2.05, 4.69) is 31.6 Å². The lowest BCUT2D eigenvalue weighted by Gasteiger charge is -2.30. The van der Waals surface area contributed by atoms with Crippen molar-refractivity contribution in [2.45, 2.75) is 93.7 Å². The number of nitrogens with one attached hydrogen (secondary N) is 5. The molecule has 0 unspecified atom stereocenters. The maximum Gasteiger partial charge on any atom is 0.328 e. The zero-order valence-corrected chi connectivity index (χ0v) is 32.6. The lowest BCUT2D eigenvalue weighted by molar-refractivity contribution is -0.145. The van der Waals surface area contributed by atoms with E-state index in [0.717, 1.165) is 4.90 Å². The number of rotatable bonds is 25. The summed E-state index contributed by atoms with van der Waals surface area (Å²) in [7, 11) is 0. The van der Waals surface area contributed by atoms with Crippen LogP contribution in [0.3, 0.4) is 0 Å². The molecule has 0 spiro atoms. The van der Waals surface area contributed by atoms with Crippen molar-refractivity contribution in [3.63, 3.8) is 0 Å². The van der Waals surface area contributed by atoms with Crippen LogP contribution >= 0.6 is 0 Å². The molecule has 60 heavy (non-hydrogen) atoms. The Bertz CT molecular complexity index is 1740. The summed E-state index contributed by atoms with van der Waals surface area (Å²) in [5, 5.41) is 49.3. The summed E-state index contributed by atoms with van der Waals surface area (Å²) >= 11 is 0. The van der Waals surface area contributed by atoms with Crippen molar-refractivity contribution in [1.29, 1.82) is 0 Å². The van der Waals surface area contributed by atoms with Crippen LogP contribution in [0.2, 0.25) is 0 Å². The fourth-order valence-corrected chi connectivity index (χ4v) is 5.94. The van der Waals surface area contributed by atoms with Crippen molar-refractivity contribution in [3.8, 4) is 5.75 Å². The lowest BCUT2D eigenvalue weighted by atomic mass is 10.0. The SMILES string of the molecule is NC(=O)CC[C@H](NC(=O)[C@H](CC(N)=O)NC(=O)[C@H](Cc1ccc(O)cc1)NC(=O)[C@@H](N)CO)C(=O)N[C@@H](CCCN=C(N)N)C(=O)N1CCC[C@H]1C(=O)N[C@@H](CO)C(=O)O. The molecule has 0 aromatic heterocycles. The van der Waals surface area contributed by atoms with E-state index in [9.17, 15) is 63.6 Å². The van der Waals surface area contributed by atoms with Crippen LogP contribution in [0, 0.1) is 0 Å². The number of aliphatic carboxylic acids is 1. The van der Waals surface area contributed by atoms with Gasteiger partial charge in [0, 0.05) is 25.9 Å². The second kappa shape index (κ2) is 24.4. The fraction of sp³-hybridized carbons (Fsp3) is 0.543. The van der Waals surface area contributed by atoms with Crippen LogP contribution in [0.15, 0.2) is 29.3 Å². The van der Waals surface area contributed by atoms with E-state index >= 15 is 0 Å². The van der Waals surface area contributed by atoms with Crippen molar-refractivity contribution < 1.29 is 63.6 Å². The Morgan fingerprint density at radius 2 is 1.32 bits per heavy atom. The highest BCUT2D eigenvalue weighted by Gasteiger charge is 2.40. The van der Waals surface area contributed by atoms with E-state index in [1.807, 2.05) is 0 Å². The number of aliphatic imine (C=N–C) groups is 1. The third-order valence-electron chi connectivity index (χ3n) is 9.09. The number of carboxylic acid groups (broad SMARTS) is 1. The first-order valence-electron chi connectivity index (χ1n) is 18.7. The molecule has 332 valence electrons. The maximum absolute atomic E-state index is 14.0. The zero-order chi connectivity index (χ0) is 45.1. The Balaban J connectivity index is 2.41. The minimum Gasteiger partial charge on any atom is -0.508 e. The summed E-state index contributed by atoms with van der Waals surface area (Å²) in [6, 6.07) is -5.13. The molecule has 25 heteroatoms. The van der Waals surface area contributed by atoms with Gasteiger partial charge in [0.15, 0.2) is 5.96 Å². The molecule has 1 heterocycles. The van der Waals surface area contributed by atoms with Gasteiger partial charge in [-0.15, -0.1) is 0 Å². The van der Waals surface area contributed by atoms with Crippen molar-refractivity contribution >= 4 is 59.2 Å². The van der Waals surface area contributed by atoms with E-state index in [1.54, 1.807) is 0 Å². The summed E-state index contributed by atoms with van der Waals surface area (Å²) in [5.41, 5.74) is 27.5.